The van der Waals surface area contributed by atoms with Gasteiger partial charge in [-0.3, -0.25) is 9.10 Å². The highest BCUT2D eigenvalue weighted by molar-refractivity contribution is 7.92. The molecule has 0 N–H and O–H groups in total. The van der Waals surface area contributed by atoms with Crippen LogP contribution < -0.4 is 4.31 Å². The fourth-order valence-electron chi connectivity index (χ4n) is 3.13. The summed E-state index contributed by atoms with van der Waals surface area (Å²) < 4.78 is 39.0. The zero-order valence-corrected chi connectivity index (χ0v) is 15.8. The molecule has 0 radical (unpaired) electrons. The molecule has 1 atom stereocenters. The summed E-state index contributed by atoms with van der Waals surface area (Å²) in [5.74, 6) is -0.653. The summed E-state index contributed by atoms with van der Waals surface area (Å²) in [6.07, 6.45) is 1.42. The fourth-order valence-corrected chi connectivity index (χ4v) is 4.33. The molecule has 1 heterocycles. The van der Waals surface area contributed by atoms with E-state index in [0.717, 1.165) is 30.2 Å². The average Bonchev–Trinajstić information content (AvgIpc) is 2.59. The molecule has 1 saturated heterocycles. The van der Waals surface area contributed by atoms with E-state index >= 15 is 0 Å². The number of nitrogens with zero attached hydrogens (tertiary/aromatic N) is 3. The first-order valence-electron chi connectivity index (χ1n) is 8.54. The molecule has 0 bridgehead atoms. The molecule has 25 heavy (non-hydrogen) atoms. The van der Waals surface area contributed by atoms with Crippen molar-refractivity contribution in [3.8, 4) is 0 Å². The third kappa shape index (κ3) is 4.70. The van der Waals surface area contributed by atoms with Crippen molar-refractivity contribution in [3.63, 3.8) is 0 Å². The molecule has 0 aromatic heterocycles. The third-order valence-electron chi connectivity index (χ3n) is 4.52. The van der Waals surface area contributed by atoms with Crippen LogP contribution in [0.2, 0.25) is 0 Å². The molecule has 1 amide bonds. The highest BCUT2D eigenvalue weighted by Crippen LogP contribution is 2.24. The zero-order valence-electron chi connectivity index (χ0n) is 15.0. The van der Waals surface area contributed by atoms with Crippen molar-refractivity contribution in [2.24, 2.45) is 0 Å². The predicted octanol–water partition coefficient (Wildman–Crippen LogP) is 1.53. The van der Waals surface area contributed by atoms with Crippen molar-refractivity contribution in [1.82, 2.24) is 9.80 Å². The molecule has 140 valence electrons. The molecular weight excluding hydrogens is 345 g/mol. The van der Waals surface area contributed by atoms with Crippen LogP contribution in [0.15, 0.2) is 24.3 Å². The molecule has 0 aliphatic carbocycles. The lowest BCUT2D eigenvalue weighted by molar-refractivity contribution is -0.134. The van der Waals surface area contributed by atoms with Crippen molar-refractivity contribution >= 4 is 21.6 Å². The van der Waals surface area contributed by atoms with Gasteiger partial charge in [0.25, 0.3) is 0 Å². The summed E-state index contributed by atoms with van der Waals surface area (Å²) in [7, 11) is -3.69. The van der Waals surface area contributed by atoms with Gasteiger partial charge in [0, 0.05) is 26.2 Å². The van der Waals surface area contributed by atoms with E-state index in [9.17, 15) is 17.6 Å². The maximum atomic E-state index is 13.2. The van der Waals surface area contributed by atoms with Crippen molar-refractivity contribution in [2.75, 3.05) is 43.3 Å². The van der Waals surface area contributed by atoms with E-state index in [4.69, 9.17) is 0 Å². The molecule has 2 rings (SSSR count). The second-order valence-corrected chi connectivity index (χ2v) is 8.08. The van der Waals surface area contributed by atoms with Gasteiger partial charge in [0.1, 0.15) is 11.9 Å². The summed E-state index contributed by atoms with van der Waals surface area (Å²) in [6, 6.07) is 4.35. The van der Waals surface area contributed by atoms with E-state index in [1.807, 2.05) is 0 Å². The number of hydrogen-bond acceptors (Lipinski definition) is 4. The first kappa shape index (κ1) is 19.7. The lowest BCUT2D eigenvalue weighted by Crippen LogP contribution is -2.55. The molecule has 1 aliphatic rings. The van der Waals surface area contributed by atoms with Crippen LogP contribution in [-0.2, 0) is 14.8 Å². The van der Waals surface area contributed by atoms with Crippen LogP contribution in [0.3, 0.4) is 0 Å². The molecular formula is C17H26FN3O3S. The Morgan fingerprint density at radius 1 is 1.16 bits per heavy atom. The zero-order chi connectivity index (χ0) is 18.6. The van der Waals surface area contributed by atoms with E-state index in [0.29, 0.717) is 25.2 Å². The Morgan fingerprint density at radius 3 is 2.16 bits per heavy atom. The number of hydrogen-bond donors (Lipinski definition) is 0. The van der Waals surface area contributed by atoms with Gasteiger partial charge in [-0.15, -0.1) is 0 Å². The van der Waals surface area contributed by atoms with Gasteiger partial charge < -0.3 is 9.80 Å². The maximum Gasteiger partial charge on any atom is 0.246 e. The number of halogens is 1. The number of sulfonamides is 1. The quantitative estimate of drug-likeness (QED) is 0.761. The number of rotatable bonds is 6. The number of anilines is 1. The van der Waals surface area contributed by atoms with Crippen LogP contribution >= 0.6 is 0 Å². The van der Waals surface area contributed by atoms with Crippen molar-refractivity contribution in [1.29, 1.82) is 0 Å². The number of piperazine rings is 1. The number of carbonyl (C=O) groups excluding carboxylic acids is 1. The second kappa shape index (κ2) is 8.14. The fraction of sp³-hybridized carbons (Fsp3) is 0.588. The Labute approximate surface area is 149 Å². The van der Waals surface area contributed by atoms with Gasteiger partial charge in [0.05, 0.1) is 11.9 Å². The van der Waals surface area contributed by atoms with E-state index < -0.39 is 21.9 Å². The number of benzene rings is 1. The highest BCUT2D eigenvalue weighted by atomic mass is 32.2. The Kier molecular flexibility index (Phi) is 6.40. The second-order valence-electron chi connectivity index (χ2n) is 6.22. The summed E-state index contributed by atoms with van der Waals surface area (Å²) in [6.45, 7) is 7.54. The average molecular weight is 371 g/mol. The summed E-state index contributed by atoms with van der Waals surface area (Å²) in [5.41, 5.74) is 0.302. The van der Waals surface area contributed by atoms with Gasteiger partial charge in [0.2, 0.25) is 15.9 Å². The number of amides is 1. The molecule has 1 unspecified atom stereocenters. The minimum Gasteiger partial charge on any atom is -0.338 e. The third-order valence-corrected chi connectivity index (χ3v) is 5.70. The molecule has 0 spiro atoms. The molecule has 1 aromatic carbocycles. The summed E-state index contributed by atoms with van der Waals surface area (Å²) >= 11 is 0. The van der Waals surface area contributed by atoms with Gasteiger partial charge in [0.15, 0.2) is 0 Å². The van der Waals surface area contributed by atoms with Crippen molar-refractivity contribution in [3.05, 3.63) is 30.1 Å². The molecule has 6 nitrogen and oxygen atoms in total. The molecule has 8 heteroatoms. The van der Waals surface area contributed by atoms with E-state index in [2.05, 4.69) is 11.8 Å². The first-order chi connectivity index (χ1) is 11.8. The number of likely N-dealkylation sites (N-methyl/N-ethyl adjacent to an activating group) is 1. The minimum atomic E-state index is -3.69. The van der Waals surface area contributed by atoms with Crippen LogP contribution in [0.25, 0.3) is 0 Å². The Hall–Kier alpha value is -1.67. The minimum absolute atomic E-state index is 0.201. The van der Waals surface area contributed by atoms with Crippen LogP contribution in [0.4, 0.5) is 10.1 Å². The van der Waals surface area contributed by atoms with Gasteiger partial charge in [-0.1, -0.05) is 13.8 Å². The topological polar surface area (TPSA) is 60.9 Å². The normalized spacial score (nSPS) is 17.4. The standard InChI is InChI=1S/C17H26FN3O3S/c1-4-16(17(22)20-12-10-19(5-2)11-13-20)21(25(3,23)24)15-8-6-14(18)7-9-15/h6-9,16H,4-5,10-13H2,1-3H3. The van der Waals surface area contributed by atoms with Gasteiger partial charge >= 0.3 is 0 Å². The molecule has 1 aliphatic heterocycles. The molecule has 0 saturated carbocycles. The van der Waals surface area contributed by atoms with Gasteiger partial charge in [-0.25, -0.2) is 12.8 Å². The van der Waals surface area contributed by atoms with Crippen LogP contribution in [0, 0.1) is 5.82 Å². The van der Waals surface area contributed by atoms with Crippen molar-refractivity contribution in [2.45, 2.75) is 26.3 Å². The molecule has 1 fully saturated rings. The van der Waals surface area contributed by atoms with E-state index in [1.165, 1.54) is 24.3 Å². The Bertz CT molecular complexity index is 686. The lowest BCUT2D eigenvalue weighted by atomic mass is 10.1. The number of carbonyl (C=O) groups is 1. The SMILES string of the molecule is CCC(C(=O)N1CCN(CC)CC1)N(c1ccc(F)cc1)S(C)(=O)=O. The predicted molar refractivity (Wildman–Crippen MR) is 96.5 cm³/mol. The maximum absolute atomic E-state index is 13.2. The monoisotopic (exact) mass is 371 g/mol. The summed E-state index contributed by atoms with van der Waals surface area (Å²) in [5, 5.41) is 0. The smallest absolute Gasteiger partial charge is 0.246 e. The molecule has 1 aromatic rings. The van der Waals surface area contributed by atoms with Gasteiger partial charge in [-0.05, 0) is 37.2 Å². The van der Waals surface area contributed by atoms with Crippen LogP contribution in [0.5, 0.6) is 0 Å². The van der Waals surface area contributed by atoms with E-state index in [-0.39, 0.29) is 5.91 Å². The Morgan fingerprint density at radius 2 is 1.72 bits per heavy atom. The Balaban J connectivity index is 2.27. The highest BCUT2D eigenvalue weighted by Gasteiger charge is 2.35. The summed E-state index contributed by atoms with van der Waals surface area (Å²) in [4.78, 5) is 17.0. The van der Waals surface area contributed by atoms with E-state index in [1.54, 1.807) is 11.8 Å². The van der Waals surface area contributed by atoms with Gasteiger partial charge in [-0.2, -0.15) is 0 Å². The lowest BCUT2D eigenvalue weighted by Gasteiger charge is -2.38. The van der Waals surface area contributed by atoms with Crippen LogP contribution in [-0.4, -0.2) is 69.1 Å². The van der Waals surface area contributed by atoms with Crippen LogP contribution in [0.1, 0.15) is 20.3 Å². The largest absolute Gasteiger partial charge is 0.338 e. The van der Waals surface area contributed by atoms with Crippen molar-refractivity contribution < 1.29 is 17.6 Å². The first-order valence-corrected chi connectivity index (χ1v) is 10.4.